The summed E-state index contributed by atoms with van der Waals surface area (Å²) in [5.41, 5.74) is 2.99. The number of carbonyl (C=O) groups excluding carboxylic acids is 1. The minimum Gasteiger partial charge on any atom is -0.473 e. The zero-order chi connectivity index (χ0) is 19.1. The van der Waals surface area contributed by atoms with Crippen LogP contribution in [0.2, 0.25) is 0 Å². The van der Waals surface area contributed by atoms with Gasteiger partial charge in [0, 0.05) is 31.0 Å². The molecule has 0 spiro atoms. The molecule has 2 heterocycles. The van der Waals surface area contributed by atoms with Gasteiger partial charge < -0.3 is 19.7 Å². The van der Waals surface area contributed by atoms with Crippen LogP contribution in [0.15, 0.2) is 53.2 Å². The summed E-state index contributed by atoms with van der Waals surface area (Å²) in [6.45, 7) is 2.56. The second-order valence-electron chi connectivity index (χ2n) is 5.94. The van der Waals surface area contributed by atoms with Crippen molar-refractivity contribution in [3.8, 4) is 17.1 Å². The molecular weight excluding hydrogens is 346 g/mol. The normalized spacial score (nSPS) is 10.6. The highest BCUT2D eigenvalue weighted by atomic mass is 16.5. The third kappa shape index (κ3) is 4.71. The Balaban J connectivity index is 1.64. The summed E-state index contributed by atoms with van der Waals surface area (Å²) in [4.78, 5) is 16.1. The van der Waals surface area contributed by atoms with Crippen LogP contribution in [0.25, 0.3) is 11.3 Å². The number of hydrogen-bond donors (Lipinski definition) is 2. The average Bonchev–Trinajstić information content (AvgIpc) is 3.08. The van der Waals surface area contributed by atoms with Crippen LogP contribution in [0, 0.1) is 6.92 Å². The first-order valence-corrected chi connectivity index (χ1v) is 8.67. The first-order chi connectivity index (χ1) is 13.2. The van der Waals surface area contributed by atoms with E-state index in [0.717, 1.165) is 16.8 Å². The van der Waals surface area contributed by atoms with Gasteiger partial charge in [-0.1, -0.05) is 35.5 Å². The van der Waals surface area contributed by atoms with Gasteiger partial charge in [0.25, 0.3) is 5.91 Å². The number of carbonyl (C=O) groups is 1. The van der Waals surface area contributed by atoms with Gasteiger partial charge in [-0.15, -0.1) is 0 Å². The van der Waals surface area contributed by atoms with E-state index in [1.807, 2.05) is 37.3 Å². The molecule has 27 heavy (non-hydrogen) atoms. The predicted molar refractivity (Wildman–Crippen MR) is 99.3 cm³/mol. The van der Waals surface area contributed by atoms with Crippen molar-refractivity contribution in [2.24, 2.45) is 0 Å². The average molecular weight is 367 g/mol. The van der Waals surface area contributed by atoms with Crippen molar-refractivity contribution in [1.29, 1.82) is 0 Å². The van der Waals surface area contributed by atoms with E-state index in [2.05, 4.69) is 15.5 Å². The number of nitrogens with one attached hydrogen (secondary N) is 1. The number of nitrogens with zero attached hydrogens (tertiary/aromatic N) is 2. The van der Waals surface area contributed by atoms with Crippen LogP contribution in [0.3, 0.4) is 0 Å². The van der Waals surface area contributed by atoms with E-state index in [9.17, 15) is 4.79 Å². The number of aryl methyl sites for hydroxylation is 1. The number of aromatic nitrogens is 2. The number of hydrogen-bond acceptors (Lipinski definition) is 6. The standard InChI is InChI=1S/C20H21N3O4/c1-14-17(19(23-27-14)15-6-3-2-4-7-15)13-26-18-9-8-16(12-22-18)20(25)21-10-5-11-24/h2-4,6-9,12,24H,5,10-11,13H2,1H3,(H,21,25). The van der Waals surface area contributed by atoms with Crippen molar-refractivity contribution in [2.45, 2.75) is 20.0 Å². The maximum atomic E-state index is 11.9. The van der Waals surface area contributed by atoms with Crippen molar-refractivity contribution >= 4 is 5.91 Å². The van der Waals surface area contributed by atoms with Crippen molar-refractivity contribution in [3.63, 3.8) is 0 Å². The molecule has 3 aromatic rings. The Bertz CT molecular complexity index is 876. The lowest BCUT2D eigenvalue weighted by Crippen LogP contribution is -2.25. The van der Waals surface area contributed by atoms with Gasteiger partial charge >= 0.3 is 0 Å². The zero-order valence-electron chi connectivity index (χ0n) is 15.0. The van der Waals surface area contributed by atoms with E-state index in [4.69, 9.17) is 14.4 Å². The van der Waals surface area contributed by atoms with Crippen LogP contribution in [0.4, 0.5) is 0 Å². The third-order valence-corrected chi connectivity index (χ3v) is 4.02. The number of amides is 1. The Labute approximate surface area is 157 Å². The number of aliphatic hydroxyl groups excluding tert-OH is 1. The summed E-state index contributed by atoms with van der Waals surface area (Å²) in [5.74, 6) is 0.860. The molecule has 0 fully saturated rings. The van der Waals surface area contributed by atoms with Crippen LogP contribution >= 0.6 is 0 Å². The zero-order valence-corrected chi connectivity index (χ0v) is 15.0. The molecule has 140 valence electrons. The molecule has 0 bridgehead atoms. The van der Waals surface area contributed by atoms with Crippen molar-refractivity contribution in [1.82, 2.24) is 15.5 Å². The Morgan fingerprint density at radius 1 is 1.22 bits per heavy atom. The van der Waals surface area contributed by atoms with Gasteiger partial charge in [-0.25, -0.2) is 4.98 Å². The molecule has 0 aliphatic rings. The van der Waals surface area contributed by atoms with Crippen LogP contribution < -0.4 is 10.1 Å². The second-order valence-corrected chi connectivity index (χ2v) is 5.94. The van der Waals surface area contributed by atoms with Crippen LogP contribution in [0.5, 0.6) is 5.88 Å². The number of pyridine rings is 1. The fourth-order valence-electron chi connectivity index (χ4n) is 2.51. The predicted octanol–water partition coefficient (Wildman–Crippen LogP) is 2.74. The van der Waals surface area contributed by atoms with Gasteiger partial charge in [0.05, 0.1) is 11.1 Å². The quantitative estimate of drug-likeness (QED) is 0.594. The molecule has 0 aliphatic carbocycles. The molecule has 3 rings (SSSR count). The maximum Gasteiger partial charge on any atom is 0.252 e. The largest absolute Gasteiger partial charge is 0.473 e. The second kappa shape index (κ2) is 8.95. The molecule has 0 saturated carbocycles. The van der Waals surface area contributed by atoms with Gasteiger partial charge in [-0.2, -0.15) is 0 Å². The Hall–Kier alpha value is -3.19. The van der Waals surface area contributed by atoms with Gasteiger partial charge in [0.15, 0.2) is 0 Å². The van der Waals surface area contributed by atoms with E-state index >= 15 is 0 Å². The Morgan fingerprint density at radius 2 is 2.04 bits per heavy atom. The van der Waals surface area contributed by atoms with E-state index < -0.39 is 0 Å². The number of benzene rings is 1. The van der Waals surface area contributed by atoms with E-state index in [0.29, 0.717) is 30.2 Å². The highest BCUT2D eigenvalue weighted by molar-refractivity contribution is 5.93. The summed E-state index contributed by atoms with van der Waals surface area (Å²) in [7, 11) is 0. The van der Waals surface area contributed by atoms with Crippen LogP contribution in [0.1, 0.15) is 28.1 Å². The molecule has 1 amide bonds. The smallest absolute Gasteiger partial charge is 0.252 e. The van der Waals surface area contributed by atoms with Gasteiger partial charge in [-0.05, 0) is 19.4 Å². The summed E-state index contributed by atoms with van der Waals surface area (Å²) in [5, 5.41) is 15.6. The van der Waals surface area contributed by atoms with Crippen molar-refractivity contribution in [2.75, 3.05) is 13.2 Å². The number of rotatable bonds is 8. The minimum absolute atomic E-state index is 0.0402. The van der Waals surface area contributed by atoms with Gasteiger partial charge in [0.1, 0.15) is 18.1 Å². The lowest BCUT2D eigenvalue weighted by molar-refractivity contribution is 0.0950. The molecule has 2 N–H and O–H groups in total. The fraction of sp³-hybridized carbons (Fsp3) is 0.250. The summed E-state index contributed by atoms with van der Waals surface area (Å²) < 4.78 is 11.1. The van der Waals surface area contributed by atoms with Gasteiger partial charge in [0.2, 0.25) is 5.88 Å². The molecule has 0 radical (unpaired) electrons. The summed E-state index contributed by atoms with van der Waals surface area (Å²) in [6.07, 6.45) is 1.98. The Kier molecular flexibility index (Phi) is 6.17. The van der Waals surface area contributed by atoms with E-state index in [1.165, 1.54) is 6.20 Å². The lowest BCUT2D eigenvalue weighted by Gasteiger charge is -2.07. The molecule has 0 unspecified atom stereocenters. The van der Waals surface area contributed by atoms with E-state index in [-0.39, 0.29) is 19.1 Å². The first kappa shape index (κ1) is 18.6. The minimum atomic E-state index is -0.233. The molecule has 0 aliphatic heterocycles. The lowest BCUT2D eigenvalue weighted by atomic mass is 10.1. The van der Waals surface area contributed by atoms with Crippen LogP contribution in [-0.4, -0.2) is 34.3 Å². The van der Waals surface area contributed by atoms with Crippen molar-refractivity contribution in [3.05, 3.63) is 65.5 Å². The molecule has 1 aromatic carbocycles. The highest BCUT2D eigenvalue weighted by Crippen LogP contribution is 2.26. The van der Waals surface area contributed by atoms with Crippen LogP contribution in [-0.2, 0) is 6.61 Å². The van der Waals surface area contributed by atoms with E-state index in [1.54, 1.807) is 12.1 Å². The summed E-state index contributed by atoms with van der Waals surface area (Å²) in [6, 6.07) is 13.0. The molecular formula is C20H21N3O4. The molecule has 0 atom stereocenters. The third-order valence-electron chi connectivity index (χ3n) is 4.02. The fourth-order valence-corrected chi connectivity index (χ4v) is 2.51. The maximum absolute atomic E-state index is 11.9. The Morgan fingerprint density at radius 3 is 2.74 bits per heavy atom. The molecule has 7 heteroatoms. The number of aliphatic hydroxyl groups is 1. The first-order valence-electron chi connectivity index (χ1n) is 8.67. The molecule has 0 saturated heterocycles. The van der Waals surface area contributed by atoms with Crippen molar-refractivity contribution < 1.29 is 19.2 Å². The summed E-state index contributed by atoms with van der Waals surface area (Å²) >= 11 is 0. The molecule has 2 aromatic heterocycles. The molecule has 7 nitrogen and oxygen atoms in total. The SMILES string of the molecule is Cc1onc(-c2ccccc2)c1COc1ccc(C(=O)NCCCO)cn1. The van der Waals surface area contributed by atoms with Gasteiger partial charge in [-0.3, -0.25) is 4.79 Å². The highest BCUT2D eigenvalue weighted by Gasteiger charge is 2.15. The monoisotopic (exact) mass is 367 g/mol. The number of ether oxygens (including phenoxy) is 1. The topological polar surface area (TPSA) is 97.5 Å².